The monoisotopic (exact) mass is 261 g/mol. The molecule has 0 amide bonds. The van der Waals surface area contributed by atoms with Gasteiger partial charge >= 0.3 is 0 Å². The Bertz CT molecular complexity index is 356. The topological polar surface area (TPSA) is 29.9 Å². The molecular formula is C11H17Cl2N3. The number of nitrogens with zero attached hydrogens (tertiary/aromatic N) is 2. The molecule has 2 heterocycles. The van der Waals surface area contributed by atoms with Crippen LogP contribution in [0.3, 0.4) is 0 Å². The van der Waals surface area contributed by atoms with Crippen LogP contribution in [-0.4, -0.2) is 22.6 Å². The molecule has 0 atom stereocenters. The van der Waals surface area contributed by atoms with Crippen LogP contribution in [0, 0.1) is 12.8 Å². The zero-order valence-corrected chi connectivity index (χ0v) is 11.0. The zero-order valence-electron chi connectivity index (χ0n) is 9.47. The Labute approximate surface area is 106 Å². The molecule has 0 saturated carbocycles. The molecule has 1 N–H and O–H groups in total. The van der Waals surface area contributed by atoms with E-state index < -0.39 is 0 Å². The average Bonchev–Trinajstić information content (AvgIpc) is 2.53. The standard InChI is InChI=1S/C11H17Cl2N3/c1-8-15-10(12)11(13)16(8)7-4-9-2-5-14-6-3-9/h9,14H,2-7H2,1H3. The first-order valence-electron chi connectivity index (χ1n) is 5.77. The first kappa shape index (κ1) is 12.2. The van der Waals surface area contributed by atoms with E-state index in [9.17, 15) is 0 Å². The minimum absolute atomic E-state index is 0.421. The van der Waals surface area contributed by atoms with Crippen molar-refractivity contribution < 1.29 is 0 Å². The molecule has 3 nitrogen and oxygen atoms in total. The second-order valence-electron chi connectivity index (χ2n) is 4.37. The number of imidazole rings is 1. The molecule has 1 aliphatic rings. The van der Waals surface area contributed by atoms with E-state index in [-0.39, 0.29) is 0 Å². The van der Waals surface area contributed by atoms with Crippen molar-refractivity contribution in [3.05, 3.63) is 16.1 Å². The summed E-state index contributed by atoms with van der Waals surface area (Å²) in [6.45, 7) is 5.15. The zero-order chi connectivity index (χ0) is 11.5. The summed E-state index contributed by atoms with van der Waals surface area (Å²) in [6.07, 6.45) is 3.69. The highest BCUT2D eigenvalue weighted by atomic mass is 35.5. The molecule has 16 heavy (non-hydrogen) atoms. The second kappa shape index (κ2) is 5.39. The second-order valence-corrected chi connectivity index (χ2v) is 5.09. The fraction of sp³-hybridized carbons (Fsp3) is 0.727. The van der Waals surface area contributed by atoms with Crippen LogP contribution in [0.5, 0.6) is 0 Å². The van der Waals surface area contributed by atoms with Gasteiger partial charge in [-0.05, 0) is 45.2 Å². The molecule has 1 aromatic rings. The summed E-state index contributed by atoms with van der Waals surface area (Å²) in [6, 6.07) is 0. The van der Waals surface area contributed by atoms with E-state index in [1.807, 2.05) is 11.5 Å². The van der Waals surface area contributed by atoms with E-state index in [0.29, 0.717) is 10.3 Å². The van der Waals surface area contributed by atoms with Gasteiger partial charge in [0.05, 0.1) is 0 Å². The Morgan fingerprint density at radius 3 is 2.62 bits per heavy atom. The number of hydrogen-bond acceptors (Lipinski definition) is 2. The summed E-state index contributed by atoms with van der Waals surface area (Å²) >= 11 is 12.0. The molecule has 0 unspecified atom stereocenters. The summed E-state index contributed by atoms with van der Waals surface area (Å²) in [4.78, 5) is 4.16. The number of hydrogen-bond donors (Lipinski definition) is 1. The van der Waals surface area contributed by atoms with E-state index in [1.165, 1.54) is 12.8 Å². The lowest BCUT2D eigenvalue weighted by Crippen LogP contribution is -2.28. The molecule has 0 aromatic carbocycles. The van der Waals surface area contributed by atoms with E-state index in [0.717, 1.165) is 37.8 Å². The third-order valence-electron chi connectivity index (χ3n) is 3.28. The highest BCUT2D eigenvalue weighted by molar-refractivity contribution is 6.40. The van der Waals surface area contributed by atoms with Gasteiger partial charge in [0.2, 0.25) is 0 Å². The number of halogens is 2. The van der Waals surface area contributed by atoms with E-state index in [4.69, 9.17) is 23.2 Å². The molecular weight excluding hydrogens is 245 g/mol. The molecule has 1 saturated heterocycles. The van der Waals surface area contributed by atoms with Gasteiger partial charge in [0.25, 0.3) is 0 Å². The lowest BCUT2D eigenvalue weighted by molar-refractivity contribution is 0.337. The molecule has 1 aliphatic heterocycles. The van der Waals surface area contributed by atoms with Crippen LogP contribution < -0.4 is 5.32 Å². The average molecular weight is 262 g/mol. The van der Waals surface area contributed by atoms with Crippen molar-refractivity contribution in [3.63, 3.8) is 0 Å². The van der Waals surface area contributed by atoms with E-state index in [2.05, 4.69) is 10.3 Å². The van der Waals surface area contributed by atoms with Crippen LogP contribution in [0.4, 0.5) is 0 Å². The largest absolute Gasteiger partial charge is 0.318 e. The highest BCUT2D eigenvalue weighted by Gasteiger charge is 2.15. The van der Waals surface area contributed by atoms with Crippen molar-refractivity contribution in [2.75, 3.05) is 13.1 Å². The van der Waals surface area contributed by atoms with Crippen molar-refractivity contribution in [2.45, 2.75) is 32.7 Å². The number of nitrogens with one attached hydrogen (secondary N) is 1. The fourth-order valence-corrected chi connectivity index (χ4v) is 2.72. The lowest BCUT2D eigenvalue weighted by Gasteiger charge is -2.22. The summed E-state index contributed by atoms with van der Waals surface area (Å²) in [5, 5.41) is 4.37. The van der Waals surface area contributed by atoms with Crippen LogP contribution in [0.1, 0.15) is 25.1 Å². The highest BCUT2D eigenvalue weighted by Crippen LogP contribution is 2.24. The van der Waals surface area contributed by atoms with Crippen LogP contribution in [0.25, 0.3) is 0 Å². The summed E-state index contributed by atoms with van der Waals surface area (Å²) in [5.74, 6) is 1.71. The first-order valence-corrected chi connectivity index (χ1v) is 6.53. The summed E-state index contributed by atoms with van der Waals surface area (Å²) in [5.41, 5.74) is 0. The Hall–Kier alpha value is -0.250. The van der Waals surface area contributed by atoms with Crippen molar-refractivity contribution in [2.24, 2.45) is 5.92 Å². The minimum Gasteiger partial charge on any atom is -0.318 e. The maximum atomic E-state index is 6.09. The van der Waals surface area contributed by atoms with Crippen molar-refractivity contribution in [1.82, 2.24) is 14.9 Å². The summed E-state index contributed by atoms with van der Waals surface area (Å²) < 4.78 is 2.01. The Morgan fingerprint density at radius 1 is 1.38 bits per heavy atom. The minimum atomic E-state index is 0.421. The fourth-order valence-electron chi connectivity index (χ4n) is 2.24. The Kier molecular flexibility index (Phi) is 4.11. The normalized spacial score (nSPS) is 17.9. The van der Waals surface area contributed by atoms with Gasteiger partial charge in [-0.3, -0.25) is 0 Å². The van der Waals surface area contributed by atoms with Crippen LogP contribution >= 0.6 is 23.2 Å². The Balaban J connectivity index is 1.93. The Morgan fingerprint density at radius 2 is 2.06 bits per heavy atom. The van der Waals surface area contributed by atoms with Crippen LogP contribution in [0.15, 0.2) is 0 Å². The molecule has 0 radical (unpaired) electrons. The van der Waals surface area contributed by atoms with Gasteiger partial charge in [0.15, 0.2) is 5.15 Å². The lowest BCUT2D eigenvalue weighted by atomic mass is 9.95. The van der Waals surface area contributed by atoms with Crippen molar-refractivity contribution >= 4 is 23.2 Å². The third-order valence-corrected chi connectivity index (χ3v) is 4.02. The molecule has 2 rings (SSSR count). The number of piperidine rings is 1. The molecule has 0 bridgehead atoms. The molecule has 90 valence electrons. The van der Waals surface area contributed by atoms with Crippen molar-refractivity contribution in [1.29, 1.82) is 0 Å². The van der Waals surface area contributed by atoms with Gasteiger partial charge in [-0.15, -0.1) is 0 Å². The van der Waals surface area contributed by atoms with Crippen molar-refractivity contribution in [3.8, 4) is 0 Å². The quantitative estimate of drug-likeness (QED) is 0.907. The van der Waals surface area contributed by atoms with Gasteiger partial charge in [0, 0.05) is 6.54 Å². The first-order chi connectivity index (χ1) is 7.68. The molecule has 1 aromatic heterocycles. The predicted molar refractivity (Wildman–Crippen MR) is 67.2 cm³/mol. The van der Waals surface area contributed by atoms with E-state index in [1.54, 1.807) is 0 Å². The summed E-state index contributed by atoms with van der Waals surface area (Å²) in [7, 11) is 0. The molecule has 5 heteroatoms. The van der Waals surface area contributed by atoms with Gasteiger partial charge < -0.3 is 9.88 Å². The smallest absolute Gasteiger partial charge is 0.166 e. The SMILES string of the molecule is Cc1nc(Cl)c(Cl)n1CCC1CCNCC1. The maximum absolute atomic E-state index is 6.09. The number of aromatic nitrogens is 2. The molecule has 0 aliphatic carbocycles. The molecule has 1 fully saturated rings. The number of aryl methyl sites for hydroxylation is 1. The van der Waals surface area contributed by atoms with E-state index >= 15 is 0 Å². The third kappa shape index (κ3) is 2.70. The number of rotatable bonds is 3. The van der Waals surface area contributed by atoms with Crippen LogP contribution in [0.2, 0.25) is 10.3 Å². The van der Waals surface area contributed by atoms with Gasteiger partial charge in [-0.1, -0.05) is 23.2 Å². The van der Waals surface area contributed by atoms with Gasteiger partial charge in [0.1, 0.15) is 11.0 Å². The van der Waals surface area contributed by atoms with Gasteiger partial charge in [-0.25, -0.2) is 4.98 Å². The molecule has 0 spiro atoms. The van der Waals surface area contributed by atoms with Gasteiger partial charge in [-0.2, -0.15) is 0 Å². The van der Waals surface area contributed by atoms with Crippen LogP contribution in [-0.2, 0) is 6.54 Å². The predicted octanol–water partition coefficient (Wildman–Crippen LogP) is 2.89. The maximum Gasteiger partial charge on any atom is 0.166 e.